The van der Waals surface area contributed by atoms with Crippen LogP contribution in [-0.4, -0.2) is 15.9 Å². The van der Waals surface area contributed by atoms with Crippen LogP contribution in [-0.2, 0) is 4.79 Å². The first-order valence-electron chi connectivity index (χ1n) is 4.42. The van der Waals surface area contributed by atoms with E-state index in [0.29, 0.717) is 9.26 Å². The summed E-state index contributed by atoms with van der Waals surface area (Å²) in [6.07, 6.45) is 0. The fraction of sp³-hybridized carbons (Fsp3) is 0.111. The second kappa shape index (κ2) is 5.87. The molecule has 0 aliphatic heterocycles. The third-order valence-corrected chi connectivity index (χ3v) is 2.80. The molecule has 0 heterocycles. The Morgan fingerprint density at radius 1 is 1.53 bits per heavy atom. The molecule has 0 bridgehead atoms. The average molecular weight is 365 g/mol. The second-order valence-electron chi connectivity index (χ2n) is 3.06. The van der Waals surface area contributed by atoms with E-state index in [4.69, 9.17) is 12.2 Å². The molecule has 0 atom stereocenters. The van der Waals surface area contributed by atoms with Gasteiger partial charge in [-0.05, 0) is 40.9 Å². The van der Waals surface area contributed by atoms with Crippen molar-refractivity contribution >= 4 is 57.2 Å². The van der Waals surface area contributed by atoms with E-state index in [2.05, 4.69) is 10.6 Å². The molecule has 17 heavy (non-hydrogen) atoms. The van der Waals surface area contributed by atoms with Gasteiger partial charge >= 0.3 is 0 Å². The molecule has 1 rings (SSSR count). The van der Waals surface area contributed by atoms with Crippen LogP contribution < -0.4 is 10.6 Å². The number of non-ortho nitro benzene ring substituents is 1. The normalized spacial score (nSPS) is 9.53. The summed E-state index contributed by atoms with van der Waals surface area (Å²) in [5.41, 5.74) is 0.611. The molecule has 0 aliphatic rings. The lowest BCUT2D eigenvalue weighted by molar-refractivity contribution is -0.384. The Morgan fingerprint density at radius 3 is 2.65 bits per heavy atom. The molecule has 2 N–H and O–H groups in total. The van der Waals surface area contributed by atoms with E-state index in [0.717, 1.165) is 0 Å². The van der Waals surface area contributed by atoms with Gasteiger partial charge in [-0.1, -0.05) is 0 Å². The Morgan fingerprint density at radius 2 is 2.18 bits per heavy atom. The maximum absolute atomic E-state index is 10.7. The van der Waals surface area contributed by atoms with Crippen molar-refractivity contribution in [1.29, 1.82) is 0 Å². The summed E-state index contributed by atoms with van der Waals surface area (Å²) in [6, 6.07) is 4.31. The summed E-state index contributed by atoms with van der Waals surface area (Å²) >= 11 is 6.82. The van der Waals surface area contributed by atoms with Gasteiger partial charge in [-0.2, -0.15) is 0 Å². The fourth-order valence-electron chi connectivity index (χ4n) is 1.03. The molecular formula is C9H8IN3O3S. The Balaban J connectivity index is 2.83. The van der Waals surface area contributed by atoms with E-state index in [1.165, 1.54) is 25.1 Å². The van der Waals surface area contributed by atoms with Crippen LogP contribution in [0.3, 0.4) is 0 Å². The summed E-state index contributed by atoms with van der Waals surface area (Å²) < 4.78 is 0.643. The monoisotopic (exact) mass is 365 g/mol. The highest BCUT2D eigenvalue weighted by atomic mass is 127. The maximum Gasteiger partial charge on any atom is 0.270 e. The number of carbonyl (C=O) groups excluding carboxylic acids is 1. The molecule has 0 radical (unpaired) electrons. The van der Waals surface area contributed by atoms with Gasteiger partial charge < -0.3 is 10.6 Å². The van der Waals surface area contributed by atoms with Gasteiger partial charge in [0.2, 0.25) is 5.91 Å². The molecule has 0 saturated carbocycles. The van der Waals surface area contributed by atoms with Crippen molar-refractivity contribution in [3.05, 3.63) is 31.9 Å². The van der Waals surface area contributed by atoms with Gasteiger partial charge in [-0.15, -0.1) is 0 Å². The molecule has 0 aromatic heterocycles. The first-order valence-corrected chi connectivity index (χ1v) is 5.91. The SMILES string of the molecule is CC(=O)NC(=S)Nc1ccc([N+](=O)[O-])cc1I. The minimum Gasteiger partial charge on any atom is -0.332 e. The second-order valence-corrected chi connectivity index (χ2v) is 4.63. The molecule has 0 spiro atoms. The summed E-state index contributed by atoms with van der Waals surface area (Å²) in [4.78, 5) is 20.8. The van der Waals surface area contributed by atoms with E-state index in [-0.39, 0.29) is 16.7 Å². The number of hydrogen-bond donors (Lipinski definition) is 2. The molecule has 90 valence electrons. The highest BCUT2D eigenvalue weighted by Gasteiger charge is 2.10. The summed E-state index contributed by atoms with van der Waals surface area (Å²) in [6.45, 7) is 1.34. The van der Waals surface area contributed by atoms with Gasteiger partial charge in [0.15, 0.2) is 5.11 Å². The van der Waals surface area contributed by atoms with Gasteiger partial charge in [-0.25, -0.2) is 0 Å². The topological polar surface area (TPSA) is 84.3 Å². The number of hydrogen-bond acceptors (Lipinski definition) is 4. The number of amides is 1. The first kappa shape index (κ1) is 13.8. The van der Waals surface area contributed by atoms with E-state index in [1.54, 1.807) is 0 Å². The number of nitro groups is 1. The molecule has 6 nitrogen and oxygen atoms in total. The molecule has 0 aliphatic carbocycles. The number of nitro benzene ring substituents is 1. The van der Waals surface area contributed by atoms with Crippen molar-refractivity contribution in [2.75, 3.05) is 5.32 Å². The quantitative estimate of drug-likeness (QED) is 0.363. The van der Waals surface area contributed by atoms with Gasteiger partial charge in [0.25, 0.3) is 5.69 Å². The molecular weight excluding hydrogens is 357 g/mol. The van der Waals surface area contributed by atoms with Crippen LogP contribution >= 0.6 is 34.8 Å². The van der Waals surface area contributed by atoms with E-state index < -0.39 is 4.92 Å². The van der Waals surface area contributed by atoms with Gasteiger partial charge in [0, 0.05) is 22.6 Å². The van der Waals surface area contributed by atoms with Crippen molar-refractivity contribution in [3.63, 3.8) is 0 Å². The largest absolute Gasteiger partial charge is 0.332 e. The highest BCUT2D eigenvalue weighted by Crippen LogP contribution is 2.23. The number of rotatable bonds is 2. The zero-order valence-electron chi connectivity index (χ0n) is 8.69. The lowest BCUT2D eigenvalue weighted by Crippen LogP contribution is -2.32. The molecule has 1 aromatic rings. The zero-order valence-corrected chi connectivity index (χ0v) is 11.7. The number of anilines is 1. The average Bonchev–Trinajstić information content (AvgIpc) is 2.19. The Bertz CT molecular complexity index is 492. The van der Waals surface area contributed by atoms with Crippen LogP contribution in [0.15, 0.2) is 18.2 Å². The van der Waals surface area contributed by atoms with E-state index in [9.17, 15) is 14.9 Å². The first-order chi connectivity index (χ1) is 7.90. The lowest BCUT2D eigenvalue weighted by atomic mass is 10.3. The van der Waals surface area contributed by atoms with Gasteiger partial charge in [0.05, 0.1) is 10.6 Å². The zero-order chi connectivity index (χ0) is 13.0. The van der Waals surface area contributed by atoms with Crippen molar-refractivity contribution in [3.8, 4) is 0 Å². The number of carbonyl (C=O) groups is 1. The number of thiocarbonyl (C=S) groups is 1. The molecule has 8 heteroatoms. The molecule has 1 amide bonds. The van der Waals surface area contributed by atoms with Crippen molar-refractivity contribution < 1.29 is 9.72 Å². The van der Waals surface area contributed by atoms with Gasteiger partial charge in [-0.3, -0.25) is 14.9 Å². The summed E-state index contributed by atoms with van der Waals surface area (Å²) in [5, 5.41) is 15.9. The smallest absolute Gasteiger partial charge is 0.270 e. The van der Waals surface area contributed by atoms with E-state index in [1.807, 2.05) is 22.6 Å². The molecule has 0 fully saturated rings. The van der Waals surface area contributed by atoms with Crippen LogP contribution in [0.1, 0.15) is 6.92 Å². The Kier molecular flexibility index (Phi) is 4.75. The lowest BCUT2D eigenvalue weighted by Gasteiger charge is -2.09. The third kappa shape index (κ3) is 4.23. The minimum absolute atomic E-state index is 0.00500. The number of nitrogens with zero attached hydrogens (tertiary/aromatic N) is 1. The van der Waals surface area contributed by atoms with Crippen LogP contribution in [0.25, 0.3) is 0 Å². The van der Waals surface area contributed by atoms with Crippen molar-refractivity contribution in [2.45, 2.75) is 6.92 Å². The van der Waals surface area contributed by atoms with Crippen LogP contribution in [0.2, 0.25) is 0 Å². The predicted octanol–water partition coefficient (Wildman–Crippen LogP) is 2.03. The number of halogens is 1. The number of benzene rings is 1. The standard InChI is InChI=1S/C9H8IN3O3S/c1-5(14)11-9(17)12-8-3-2-6(13(15)16)4-7(8)10/h2-4H,1H3,(H2,11,12,14,17). The van der Waals surface area contributed by atoms with Crippen LogP contribution in [0.4, 0.5) is 11.4 Å². The Hall–Kier alpha value is -1.29. The minimum atomic E-state index is -0.474. The van der Waals surface area contributed by atoms with Crippen molar-refractivity contribution in [1.82, 2.24) is 5.32 Å². The predicted molar refractivity (Wildman–Crippen MR) is 75.9 cm³/mol. The number of nitrogens with one attached hydrogen (secondary N) is 2. The molecule has 0 unspecified atom stereocenters. The summed E-state index contributed by atoms with van der Waals surface area (Å²) in [5.74, 6) is -0.278. The third-order valence-electron chi connectivity index (χ3n) is 1.70. The van der Waals surface area contributed by atoms with Crippen LogP contribution in [0.5, 0.6) is 0 Å². The van der Waals surface area contributed by atoms with Crippen LogP contribution in [0, 0.1) is 13.7 Å². The fourth-order valence-corrected chi connectivity index (χ4v) is 1.92. The molecule has 1 aromatic carbocycles. The molecule has 0 saturated heterocycles. The van der Waals surface area contributed by atoms with Gasteiger partial charge in [0.1, 0.15) is 0 Å². The van der Waals surface area contributed by atoms with E-state index >= 15 is 0 Å². The Labute approximate surface area is 116 Å². The van der Waals surface area contributed by atoms with Crippen molar-refractivity contribution in [2.24, 2.45) is 0 Å². The maximum atomic E-state index is 10.7. The summed E-state index contributed by atoms with van der Waals surface area (Å²) in [7, 11) is 0. The highest BCUT2D eigenvalue weighted by molar-refractivity contribution is 14.1.